The molecule has 7 heteroatoms. The van der Waals surface area contributed by atoms with Gasteiger partial charge in [0.2, 0.25) is 0 Å². The van der Waals surface area contributed by atoms with Crippen LogP contribution in [0, 0.1) is 0 Å². The maximum Gasteiger partial charge on any atom is 0.255 e. The number of halogens is 3. The van der Waals surface area contributed by atoms with Crippen LogP contribution in [0.4, 0.5) is 11.5 Å². The van der Waals surface area contributed by atoms with Crippen LogP contribution in [-0.2, 0) is 0 Å². The van der Waals surface area contributed by atoms with Gasteiger partial charge in [-0.05, 0) is 46.3 Å². The van der Waals surface area contributed by atoms with Crippen LogP contribution in [0.1, 0.15) is 10.4 Å². The minimum Gasteiger partial charge on any atom is -0.384 e. The summed E-state index contributed by atoms with van der Waals surface area (Å²) in [4.78, 5) is 15.9. The van der Waals surface area contributed by atoms with Gasteiger partial charge in [-0.1, -0.05) is 27.5 Å². The van der Waals surface area contributed by atoms with Crippen molar-refractivity contribution in [3.8, 4) is 0 Å². The smallest absolute Gasteiger partial charge is 0.255 e. The molecule has 0 aliphatic heterocycles. The van der Waals surface area contributed by atoms with Crippen molar-refractivity contribution >= 4 is 60.9 Å². The van der Waals surface area contributed by atoms with Crippen LogP contribution < -0.4 is 11.1 Å². The molecule has 0 atom stereocenters. The summed E-state index contributed by atoms with van der Waals surface area (Å²) in [6.07, 6.45) is 0. The normalized spacial score (nSPS) is 10.3. The first kappa shape index (κ1) is 14.3. The van der Waals surface area contributed by atoms with E-state index in [9.17, 15) is 4.79 Å². The molecule has 0 unspecified atom stereocenters. The molecule has 0 aliphatic carbocycles. The topological polar surface area (TPSA) is 68.0 Å². The number of nitrogen functional groups attached to an aromatic ring is 1. The Morgan fingerprint density at radius 3 is 2.63 bits per heavy atom. The summed E-state index contributed by atoms with van der Waals surface area (Å²) in [6.45, 7) is 0. The second kappa shape index (κ2) is 5.90. The molecular weight excluding hydrogens is 397 g/mol. The highest BCUT2D eigenvalue weighted by molar-refractivity contribution is 9.11. The van der Waals surface area contributed by atoms with Gasteiger partial charge in [0.1, 0.15) is 11.0 Å². The first-order valence-corrected chi connectivity index (χ1v) is 7.11. The van der Waals surface area contributed by atoms with Gasteiger partial charge in [0.05, 0.1) is 5.69 Å². The number of hydrogen-bond acceptors (Lipinski definition) is 3. The van der Waals surface area contributed by atoms with E-state index in [1.807, 2.05) is 12.1 Å². The molecule has 0 aliphatic rings. The van der Waals surface area contributed by atoms with Crippen molar-refractivity contribution in [2.75, 3.05) is 11.1 Å². The van der Waals surface area contributed by atoms with Gasteiger partial charge in [-0.15, -0.1) is 0 Å². The first-order valence-electron chi connectivity index (χ1n) is 5.15. The lowest BCUT2D eigenvalue weighted by Gasteiger charge is -2.08. The minimum absolute atomic E-state index is 0.181. The van der Waals surface area contributed by atoms with Crippen molar-refractivity contribution in [3.63, 3.8) is 0 Å². The Bertz CT molecular complexity index is 629. The Labute approximate surface area is 131 Å². The highest BCUT2D eigenvalue weighted by atomic mass is 79.9. The van der Waals surface area contributed by atoms with E-state index in [0.29, 0.717) is 11.3 Å². The molecule has 1 amide bonds. The Hall–Kier alpha value is -1.11. The quantitative estimate of drug-likeness (QED) is 0.740. The van der Waals surface area contributed by atoms with Crippen LogP contribution in [0.25, 0.3) is 0 Å². The molecule has 1 aromatic carbocycles. The van der Waals surface area contributed by atoms with Gasteiger partial charge in [0.15, 0.2) is 0 Å². The number of anilines is 2. The molecule has 0 saturated carbocycles. The highest BCUT2D eigenvalue weighted by Gasteiger charge is 2.10. The van der Waals surface area contributed by atoms with Gasteiger partial charge in [0.25, 0.3) is 5.91 Å². The van der Waals surface area contributed by atoms with Crippen LogP contribution >= 0.6 is 43.5 Å². The van der Waals surface area contributed by atoms with E-state index in [4.69, 9.17) is 17.3 Å². The van der Waals surface area contributed by atoms with Crippen LogP contribution in [-0.4, -0.2) is 10.9 Å². The molecule has 2 aromatic rings. The summed E-state index contributed by atoms with van der Waals surface area (Å²) in [6, 6.07) is 8.37. The fraction of sp³-hybridized carbons (Fsp3) is 0. The lowest BCUT2D eigenvalue weighted by atomic mass is 10.2. The number of rotatable bonds is 2. The fourth-order valence-electron chi connectivity index (χ4n) is 1.43. The van der Waals surface area contributed by atoms with E-state index in [1.165, 1.54) is 12.1 Å². The third kappa shape index (κ3) is 3.68. The standard InChI is InChI=1S/C12H8Br2ClN3O/c13-7-1-2-9(8(14)5-7)17-12(19)6-3-10(15)18-11(16)4-6/h1-5H,(H2,16,18)(H,17,19). The third-order valence-corrected chi connectivity index (χ3v) is 3.60. The lowest BCUT2D eigenvalue weighted by molar-refractivity contribution is 0.102. The lowest BCUT2D eigenvalue weighted by Crippen LogP contribution is -2.13. The zero-order valence-corrected chi connectivity index (χ0v) is 13.4. The maximum atomic E-state index is 12.1. The number of nitrogens with two attached hydrogens (primary N) is 1. The molecule has 0 bridgehead atoms. The average molecular weight is 405 g/mol. The predicted octanol–water partition coefficient (Wildman–Crippen LogP) is 4.09. The van der Waals surface area contributed by atoms with Gasteiger partial charge in [-0.2, -0.15) is 0 Å². The van der Waals surface area contributed by atoms with E-state index in [0.717, 1.165) is 8.95 Å². The summed E-state index contributed by atoms with van der Waals surface area (Å²) in [5.41, 5.74) is 6.56. The molecule has 0 spiro atoms. The first-order chi connectivity index (χ1) is 8.95. The molecule has 2 rings (SSSR count). The molecule has 1 heterocycles. The number of benzene rings is 1. The Morgan fingerprint density at radius 1 is 1.26 bits per heavy atom. The maximum absolute atomic E-state index is 12.1. The van der Waals surface area contributed by atoms with Crippen LogP contribution in [0.15, 0.2) is 39.3 Å². The number of hydrogen-bond donors (Lipinski definition) is 2. The SMILES string of the molecule is Nc1cc(C(=O)Nc2ccc(Br)cc2Br)cc(Cl)n1. The van der Waals surface area contributed by atoms with Crippen molar-refractivity contribution in [3.05, 3.63) is 50.0 Å². The van der Waals surface area contributed by atoms with E-state index in [1.54, 1.807) is 6.07 Å². The van der Waals surface area contributed by atoms with Gasteiger partial charge >= 0.3 is 0 Å². The molecule has 0 radical (unpaired) electrons. The third-order valence-electron chi connectivity index (χ3n) is 2.26. The monoisotopic (exact) mass is 403 g/mol. The van der Waals surface area contributed by atoms with E-state index >= 15 is 0 Å². The Balaban J connectivity index is 2.25. The van der Waals surface area contributed by atoms with E-state index in [-0.39, 0.29) is 16.9 Å². The summed E-state index contributed by atoms with van der Waals surface area (Å²) < 4.78 is 1.68. The molecule has 0 saturated heterocycles. The van der Waals surface area contributed by atoms with Gasteiger partial charge < -0.3 is 11.1 Å². The summed E-state index contributed by atoms with van der Waals surface area (Å²) in [5, 5.41) is 2.94. The van der Waals surface area contributed by atoms with Gasteiger partial charge in [-0.25, -0.2) is 4.98 Å². The minimum atomic E-state index is -0.306. The van der Waals surface area contributed by atoms with E-state index in [2.05, 4.69) is 42.2 Å². The molecular formula is C12H8Br2ClN3O. The van der Waals surface area contributed by atoms with Crippen LogP contribution in [0.5, 0.6) is 0 Å². The van der Waals surface area contributed by atoms with Crippen molar-refractivity contribution < 1.29 is 4.79 Å². The summed E-state index contributed by atoms with van der Waals surface area (Å²) in [7, 11) is 0. The molecule has 3 N–H and O–H groups in total. The number of pyridine rings is 1. The van der Waals surface area contributed by atoms with Crippen LogP contribution in [0.3, 0.4) is 0 Å². The second-order valence-electron chi connectivity index (χ2n) is 3.68. The Morgan fingerprint density at radius 2 is 2.00 bits per heavy atom. The predicted molar refractivity (Wildman–Crippen MR) is 83.5 cm³/mol. The number of amides is 1. The second-order valence-corrected chi connectivity index (χ2v) is 5.84. The van der Waals surface area contributed by atoms with Crippen molar-refractivity contribution in [2.45, 2.75) is 0 Å². The zero-order valence-electron chi connectivity index (χ0n) is 9.45. The number of carbonyl (C=O) groups excluding carboxylic acids is 1. The molecule has 98 valence electrons. The molecule has 19 heavy (non-hydrogen) atoms. The number of carbonyl (C=O) groups is 1. The number of nitrogens with one attached hydrogen (secondary N) is 1. The molecule has 4 nitrogen and oxygen atoms in total. The van der Waals surface area contributed by atoms with Gasteiger partial charge in [0, 0.05) is 14.5 Å². The van der Waals surface area contributed by atoms with Crippen molar-refractivity contribution in [1.29, 1.82) is 0 Å². The number of aromatic nitrogens is 1. The number of nitrogens with zero attached hydrogens (tertiary/aromatic N) is 1. The largest absolute Gasteiger partial charge is 0.384 e. The molecule has 1 aromatic heterocycles. The van der Waals surface area contributed by atoms with Crippen LogP contribution in [0.2, 0.25) is 5.15 Å². The van der Waals surface area contributed by atoms with Gasteiger partial charge in [-0.3, -0.25) is 4.79 Å². The summed E-state index contributed by atoms with van der Waals surface area (Å²) in [5.74, 6) is -0.105. The highest BCUT2D eigenvalue weighted by Crippen LogP contribution is 2.26. The van der Waals surface area contributed by atoms with Crippen molar-refractivity contribution in [2.24, 2.45) is 0 Å². The van der Waals surface area contributed by atoms with Crippen molar-refractivity contribution in [1.82, 2.24) is 4.98 Å². The summed E-state index contributed by atoms with van der Waals surface area (Å²) >= 11 is 12.5. The Kier molecular flexibility index (Phi) is 4.44. The average Bonchev–Trinajstić information content (AvgIpc) is 2.31. The zero-order chi connectivity index (χ0) is 14.0. The van der Waals surface area contributed by atoms with E-state index < -0.39 is 0 Å². The molecule has 0 fully saturated rings. The fourth-order valence-corrected chi connectivity index (χ4v) is 2.79.